The largest absolute Gasteiger partial charge is 0.435 e. The van der Waals surface area contributed by atoms with Crippen LogP contribution in [0.3, 0.4) is 0 Å². The van der Waals surface area contributed by atoms with Crippen molar-refractivity contribution in [1.29, 1.82) is 0 Å². The standard InChI is InChI=1S/C15H18F2N2O2/c16-15(17)21-13-3-1-2-10(6-13)14(20)19-5-4-11-7-18-8-12(11)9-19/h1-3,6,11-12,15,18H,4-5,7-9H2. The summed E-state index contributed by atoms with van der Waals surface area (Å²) < 4.78 is 28.8. The molecule has 1 amide bonds. The number of halogens is 2. The number of piperidine rings is 1. The van der Waals surface area contributed by atoms with E-state index >= 15 is 0 Å². The molecular weight excluding hydrogens is 278 g/mol. The van der Waals surface area contributed by atoms with E-state index in [-0.39, 0.29) is 11.7 Å². The van der Waals surface area contributed by atoms with Crippen molar-refractivity contribution in [3.05, 3.63) is 29.8 Å². The van der Waals surface area contributed by atoms with E-state index in [2.05, 4.69) is 10.1 Å². The lowest BCUT2D eigenvalue weighted by molar-refractivity contribution is -0.0499. The van der Waals surface area contributed by atoms with Gasteiger partial charge in [-0.15, -0.1) is 0 Å². The zero-order valence-corrected chi connectivity index (χ0v) is 11.6. The minimum Gasteiger partial charge on any atom is -0.435 e. The number of hydrogen-bond donors (Lipinski definition) is 1. The number of carbonyl (C=O) groups is 1. The Morgan fingerprint density at radius 3 is 2.95 bits per heavy atom. The zero-order chi connectivity index (χ0) is 14.8. The lowest BCUT2D eigenvalue weighted by atomic mass is 9.88. The molecule has 2 saturated heterocycles. The summed E-state index contributed by atoms with van der Waals surface area (Å²) in [6, 6.07) is 6.01. The third-order valence-corrected chi connectivity index (χ3v) is 4.30. The Kier molecular flexibility index (Phi) is 4.05. The third kappa shape index (κ3) is 3.15. The van der Waals surface area contributed by atoms with E-state index in [0.717, 1.165) is 32.6 Å². The Morgan fingerprint density at radius 2 is 2.14 bits per heavy atom. The first kappa shape index (κ1) is 14.3. The van der Waals surface area contributed by atoms with Crippen molar-refractivity contribution in [2.45, 2.75) is 13.0 Å². The van der Waals surface area contributed by atoms with Crippen LogP contribution in [0.1, 0.15) is 16.8 Å². The van der Waals surface area contributed by atoms with Crippen molar-refractivity contribution in [3.8, 4) is 5.75 Å². The molecule has 2 atom stereocenters. The summed E-state index contributed by atoms with van der Waals surface area (Å²) in [5, 5.41) is 3.35. The van der Waals surface area contributed by atoms with E-state index in [1.165, 1.54) is 12.1 Å². The summed E-state index contributed by atoms with van der Waals surface area (Å²) in [7, 11) is 0. The average molecular weight is 296 g/mol. The Morgan fingerprint density at radius 1 is 1.33 bits per heavy atom. The number of fused-ring (bicyclic) bond motifs is 1. The minimum atomic E-state index is -2.88. The van der Waals surface area contributed by atoms with Gasteiger partial charge in [0.25, 0.3) is 5.91 Å². The van der Waals surface area contributed by atoms with Crippen LogP contribution in [0.25, 0.3) is 0 Å². The molecular formula is C15H18F2N2O2. The van der Waals surface area contributed by atoms with E-state index < -0.39 is 6.61 Å². The molecule has 1 aromatic carbocycles. The highest BCUT2D eigenvalue weighted by atomic mass is 19.3. The first-order chi connectivity index (χ1) is 10.1. The smallest absolute Gasteiger partial charge is 0.387 e. The molecule has 3 rings (SSSR count). The van der Waals surface area contributed by atoms with Gasteiger partial charge in [-0.25, -0.2) is 0 Å². The first-order valence-electron chi connectivity index (χ1n) is 7.18. The highest BCUT2D eigenvalue weighted by molar-refractivity contribution is 5.94. The van der Waals surface area contributed by atoms with Gasteiger partial charge < -0.3 is 15.0 Å². The monoisotopic (exact) mass is 296 g/mol. The maximum absolute atomic E-state index is 12.5. The molecule has 0 aliphatic carbocycles. The van der Waals surface area contributed by atoms with Crippen LogP contribution in [0.15, 0.2) is 24.3 Å². The summed E-state index contributed by atoms with van der Waals surface area (Å²) >= 11 is 0. The third-order valence-electron chi connectivity index (χ3n) is 4.30. The van der Waals surface area contributed by atoms with Crippen LogP contribution in [0.5, 0.6) is 5.75 Å². The van der Waals surface area contributed by atoms with Crippen LogP contribution in [-0.2, 0) is 0 Å². The Bertz CT molecular complexity index is 524. The molecule has 0 radical (unpaired) electrons. The van der Waals surface area contributed by atoms with Gasteiger partial charge in [-0.2, -0.15) is 8.78 Å². The van der Waals surface area contributed by atoms with Crippen LogP contribution < -0.4 is 10.1 Å². The van der Waals surface area contributed by atoms with Gasteiger partial charge in [0.1, 0.15) is 5.75 Å². The molecule has 2 aliphatic rings. The summed E-state index contributed by atoms with van der Waals surface area (Å²) in [4.78, 5) is 14.3. The number of hydrogen-bond acceptors (Lipinski definition) is 3. The maximum Gasteiger partial charge on any atom is 0.387 e. The molecule has 2 aliphatic heterocycles. The molecule has 1 aromatic rings. The molecule has 1 N–H and O–H groups in total. The lowest BCUT2D eigenvalue weighted by Gasteiger charge is -2.34. The van der Waals surface area contributed by atoms with E-state index in [9.17, 15) is 13.6 Å². The van der Waals surface area contributed by atoms with E-state index in [0.29, 0.717) is 17.4 Å². The first-order valence-corrected chi connectivity index (χ1v) is 7.18. The van der Waals surface area contributed by atoms with Crippen molar-refractivity contribution < 1.29 is 18.3 Å². The van der Waals surface area contributed by atoms with Gasteiger partial charge in [0, 0.05) is 18.7 Å². The molecule has 2 unspecified atom stereocenters. The molecule has 0 spiro atoms. The lowest BCUT2D eigenvalue weighted by Crippen LogP contribution is -2.43. The van der Waals surface area contributed by atoms with Crippen LogP contribution >= 0.6 is 0 Å². The van der Waals surface area contributed by atoms with Gasteiger partial charge in [0.2, 0.25) is 0 Å². The molecule has 0 saturated carbocycles. The highest BCUT2D eigenvalue weighted by Crippen LogP contribution is 2.27. The second-order valence-electron chi connectivity index (χ2n) is 5.62. The fourth-order valence-corrected chi connectivity index (χ4v) is 3.21. The number of rotatable bonds is 3. The second-order valence-corrected chi connectivity index (χ2v) is 5.62. The zero-order valence-electron chi connectivity index (χ0n) is 11.6. The fourth-order valence-electron chi connectivity index (χ4n) is 3.21. The second kappa shape index (κ2) is 5.97. The Balaban J connectivity index is 1.70. The molecule has 2 fully saturated rings. The predicted molar refractivity (Wildman–Crippen MR) is 73.4 cm³/mol. The Labute approximate surface area is 122 Å². The SMILES string of the molecule is O=C(c1cccc(OC(F)F)c1)N1CCC2CNCC2C1. The van der Waals surface area contributed by atoms with Crippen LogP contribution in [0.2, 0.25) is 0 Å². The normalized spacial score (nSPS) is 25.0. The fraction of sp³-hybridized carbons (Fsp3) is 0.533. The molecule has 6 heteroatoms. The maximum atomic E-state index is 12.5. The van der Waals surface area contributed by atoms with Gasteiger partial charge in [0.15, 0.2) is 0 Å². The van der Waals surface area contributed by atoms with Crippen LogP contribution in [0.4, 0.5) is 8.78 Å². The average Bonchev–Trinajstić information content (AvgIpc) is 2.93. The number of ether oxygens (including phenoxy) is 1. The van der Waals surface area contributed by atoms with Crippen molar-refractivity contribution in [2.24, 2.45) is 11.8 Å². The predicted octanol–water partition coefficient (Wildman–Crippen LogP) is 1.97. The van der Waals surface area contributed by atoms with Crippen LogP contribution in [0, 0.1) is 11.8 Å². The number of nitrogens with one attached hydrogen (secondary N) is 1. The van der Waals surface area contributed by atoms with E-state index in [1.807, 2.05) is 4.90 Å². The summed E-state index contributed by atoms with van der Waals surface area (Å²) in [6.07, 6.45) is 0.997. The molecule has 2 heterocycles. The van der Waals surface area contributed by atoms with E-state index in [1.54, 1.807) is 12.1 Å². The van der Waals surface area contributed by atoms with E-state index in [4.69, 9.17) is 0 Å². The molecule has 4 nitrogen and oxygen atoms in total. The highest BCUT2D eigenvalue weighted by Gasteiger charge is 2.34. The van der Waals surface area contributed by atoms with Gasteiger partial charge >= 0.3 is 6.61 Å². The molecule has 21 heavy (non-hydrogen) atoms. The summed E-state index contributed by atoms with van der Waals surface area (Å²) in [6.45, 7) is 0.557. The molecule has 0 aromatic heterocycles. The number of likely N-dealkylation sites (tertiary alicyclic amines) is 1. The number of amides is 1. The van der Waals surface area contributed by atoms with Crippen molar-refractivity contribution >= 4 is 5.91 Å². The Hall–Kier alpha value is -1.69. The minimum absolute atomic E-state index is 0.0215. The number of nitrogens with zero attached hydrogens (tertiary/aromatic N) is 1. The summed E-state index contributed by atoms with van der Waals surface area (Å²) in [5.41, 5.74) is 0.401. The van der Waals surface area contributed by atoms with Crippen molar-refractivity contribution in [3.63, 3.8) is 0 Å². The van der Waals surface area contributed by atoms with Crippen molar-refractivity contribution in [1.82, 2.24) is 10.2 Å². The van der Waals surface area contributed by atoms with Gasteiger partial charge in [-0.3, -0.25) is 4.79 Å². The summed E-state index contributed by atoms with van der Waals surface area (Å²) in [5.74, 6) is 1.07. The number of benzene rings is 1. The number of alkyl halides is 2. The van der Waals surface area contributed by atoms with Crippen molar-refractivity contribution in [2.75, 3.05) is 26.2 Å². The molecule has 114 valence electrons. The van der Waals surface area contributed by atoms with Gasteiger partial charge in [0.05, 0.1) is 0 Å². The van der Waals surface area contributed by atoms with Gasteiger partial charge in [-0.1, -0.05) is 6.07 Å². The van der Waals surface area contributed by atoms with Crippen LogP contribution in [-0.4, -0.2) is 43.6 Å². The molecule has 0 bridgehead atoms. The topological polar surface area (TPSA) is 41.6 Å². The van der Waals surface area contributed by atoms with Gasteiger partial charge in [-0.05, 0) is 49.5 Å². The number of carbonyl (C=O) groups excluding carboxylic acids is 1. The quantitative estimate of drug-likeness (QED) is 0.927.